The average Bonchev–Trinajstić information content (AvgIpc) is 2.79. The van der Waals surface area contributed by atoms with E-state index in [0.717, 1.165) is 54.4 Å². The van der Waals surface area contributed by atoms with Gasteiger partial charge in [0, 0.05) is 31.1 Å². The summed E-state index contributed by atoms with van der Waals surface area (Å²) in [7, 11) is 0. The van der Waals surface area contributed by atoms with Crippen molar-refractivity contribution in [2.75, 3.05) is 13.1 Å². The van der Waals surface area contributed by atoms with Crippen molar-refractivity contribution in [3.8, 4) is 0 Å². The molecule has 0 saturated carbocycles. The molecule has 1 aromatic carbocycles. The number of hydrogen-bond acceptors (Lipinski definition) is 3. The van der Waals surface area contributed by atoms with Crippen LogP contribution in [0.25, 0.3) is 0 Å². The smallest absolute Gasteiger partial charge is 0.371 e. The number of carbonyl (C=O) groups is 1. The molecule has 1 N–H and O–H groups in total. The molecule has 0 amide bonds. The van der Waals surface area contributed by atoms with Crippen LogP contribution in [0.1, 0.15) is 27.4 Å². The number of carboxylic acids is 1. The first-order valence-electron chi connectivity index (χ1n) is 6.94. The molecule has 1 aliphatic heterocycles. The van der Waals surface area contributed by atoms with Gasteiger partial charge in [0.2, 0.25) is 5.76 Å². The van der Waals surface area contributed by atoms with Crippen molar-refractivity contribution in [3.05, 3.63) is 58.0 Å². The van der Waals surface area contributed by atoms with Crippen LogP contribution in [-0.2, 0) is 19.4 Å². The van der Waals surface area contributed by atoms with E-state index in [1.165, 1.54) is 0 Å². The predicted octanol–water partition coefficient (Wildman–Crippen LogP) is 3.23. The number of hydrogen-bond donors (Lipinski definition) is 1. The molecule has 0 bridgehead atoms. The van der Waals surface area contributed by atoms with E-state index in [1.54, 1.807) is 6.07 Å². The van der Waals surface area contributed by atoms with Gasteiger partial charge in [-0.05, 0) is 29.7 Å². The lowest BCUT2D eigenvalue weighted by Gasteiger charge is -2.20. The van der Waals surface area contributed by atoms with Gasteiger partial charge < -0.3 is 9.52 Å². The third kappa shape index (κ3) is 3.12. The largest absolute Gasteiger partial charge is 0.475 e. The quantitative estimate of drug-likeness (QED) is 0.946. The van der Waals surface area contributed by atoms with Gasteiger partial charge in [0.25, 0.3) is 0 Å². The molecule has 21 heavy (non-hydrogen) atoms. The van der Waals surface area contributed by atoms with Gasteiger partial charge in [0.05, 0.1) is 0 Å². The number of halogens is 1. The second-order valence-electron chi connectivity index (χ2n) is 5.23. The van der Waals surface area contributed by atoms with Crippen LogP contribution in [0, 0.1) is 0 Å². The zero-order valence-electron chi connectivity index (χ0n) is 11.5. The highest BCUT2D eigenvalue weighted by atomic mass is 35.5. The molecule has 0 unspecified atom stereocenters. The first-order chi connectivity index (χ1) is 10.1. The Bertz CT molecular complexity index is 640. The molecule has 5 heteroatoms. The fourth-order valence-corrected chi connectivity index (χ4v) is 2.87. The molecular formula is C16H16ClNO3. The summed E-state index contributed by atoms with van der Waals surface area (Å²) >= 11 is 6.20. The van der Waals surface area contributed by atoms with Gasteiger partial charge in [0.15, 0.2) is 0 Å². The molecule has 3 rings (SSSR count). The molecule has 2 heterocycles. The van der Waals surface area contributed by atoms with E-state index in [-0.39, 0.29) is 5.76 Å². The fourth-order valence-electron chi connectivity index (χ4n) is 2.67. The first-order valence-corrected chi connectivity index (χ1v) is 7.32. The summed E-state index contributed by atoms with van der Waals surface area (Å²) in [6.45, 7) is 2.51. The van der Waals surface area contributed by atoms with Crippen LogP contribution in [0.15, 0.2) is 34.7 Å². The molecule has 1 aliphatic rings. The first kappa shape index (κ1) is 14.2. The minimum Gasteiger partial charge on any atom is -0.475 e. The van der Waals surface area contributed by atoms with Crippen LogP contribution in [0.5, 0.6) is 0 Å². The molecule has 4 nitrogen and oxygen atoms in total. The number of rotatable bonds is 3. The standard InChI is InChI=1S/C16H16ClNO3/c17-13-4-2-1-3-12(13)10-18-7-5-11-9-15(16(19)20)21-14(11)6-8-18/h1-4,9H,5-8,10H2,(H,19,20). The van der Waals surface area contributed by atoms with Crippen molar-refractivity contribution in [3.63, 3.8) is 0 Å². The van der Waals surface area contributed by atoms with E-state index in [2.05, 4.69) is 4.90 Å². The lowest BCUT2D eigenvalue weighted by molar-refractivity contribution is 0.0660. The minimum atomic E-state index is -1.00. The molecular weight excluding hydrogens is 290 g/mol. The monoisotopic (exact) mass is 305 g/mol. The fraction of sp³-hybridized carbons (Fsp3) is 0.312. The second kappa shape index (κ2) is 5.92. The minimum absolute atomic E-state index is 0.0413. The lowest BCUT2D eigenvalue weighted by Crippen LogP contribution is -2.26. The van der Waals surface area contributed by atoms with E-state index in [4.69, 9.17) is 21.1 Å². The van der Waals surface area contributed by atoms with E-state index in [1.807, 2.05) is 24.3 Å². The van der Waals surface area contributed by atoms with E-state index in [9.17, 15) is 4.79 Å². The zero-order chi connectivity index (χ0) is 14.8. The topological polar surface area (TPSA) is 53.7 Å². The predicted molar refractivity (Wildman–Crippen MR) is 79.8 cm³/mol. The summed E-state index contributed by atoms with van der Waals surface area (Å²) in [4.78, 5) is 13.2. The highest BCUT2D eigenvalue weighted by Crippen LogP contribution is 2.23. The Labute approximate surface area is 127 Å². The van der Waals surface area contributed by atoms with Gasteiger partial charge >= 0.3 is 5.97 Å². The Morgan fingerprint density at radius 2 is 2.05 bits per heavy atom. The molecule has 1 aromatic heterocycles. The van der Waals surface area contributed by atoms with Crippen LogP contribution in [0.4, 0.5) is 0 Å². The maximum absolute atomic E-state index is 10.9. The molecule has 110 valence electrons. The molecule has 0 radical (unpaired) electrons. The van der Waals surface area contributed by atoms with Gasteiger partial charge in [-0.25, -0.2) is 4.79 Å². The number of furan rings is 1. The van der Waals surface area contributed by atoms with Gasteiger partial charge in [-0.1, -0.05) is 29.8 Å². The van der Waals surface area contributed by atoms with Crippen molar-refractivity contribution in [1.82, 2.24) is 4.90 Å². The van der Waals surface area contributed by atoms with Crippen LogP contribution < -0.4 is 0 Å². The van der Waals surface area contributed by atoms with E-state index >= 15 is 0 Å². The van der Waals surface area contributed by atoms with Crippen LogP contribution in [0.2, 0.25) is 5.02 Å². The van der Waals surface area contributed by atoms with Crippen molar-refractivity contribution in [2.24, 2.45) is 0 Å². The highest BCUT2D eigenvalue weighted by Gasteiger charge is 2.21. The summed E-state index contributed by atoms with van der Waals surface area (Å²) in [6, 6.07) is 9.50. The number of benzene rings is 1. The van der Waals surface area contributed by atoms with Gasteiger partial charge in [-0.2, -0.15) is 0 Å². The molecule has 0 saturated heterocycles. The maximum atomic E-state index is 10.9. The van der Waals surface area contributed by atoms with Crippen molar-refractivity contribution in [2.45, 2.75) is 19.4 Å². The van der Waals surface area contributed by atoms with Crippen LogP contribution >= 0.6 is 11.6 Å². The molecule has 0 aliphatic carbocycles. The maximum Gasteiger partial charge on any atom is 0.371 e. The zero-order valence-corrected chi connectivity index (χ0v) is 12.3. The van der Waals surface area contributed by atoms with E-state index in [0.29, 0.717) is 0 Å². The lowest BCUT2D eigenvalue weighted by atomic mass is 10.1. The molecule has 0 atom stereocenters. The van der Waals surface area contributed by atoms with E-state index < -0.39 is 5.97 Å². The summed E-state index contributed by atoms with van der Waals surface area (Å²) in [5.74, 6) is -0.162. The van der Waals surface area contributed by atoms with Crippen molar-refractivity contribution < 1.29 is 14.3 Å². The van der Waals surface area contributed by atoms with Crippen molar-refractivity contribution in [1.29, 1.82) is 0 Å². The van der Waals surface area contributed by atoms with Crippen LogP contribution in [-0.4, -0.2) is 29.1 Å². The summed E-state index contributed by atoms with van der Waals surface area (Å²) < 4.78 is 5.42. The summed E-state index contributed by atoms with van der Waals surface area (Å²) in [5, 5.41) is 9.75. The Morgan fingerprint density at radius 3 is 2.81 bits per heavy atom. The summed E-state index contributed by atoms with van der Waals surface area (Å²) in [6.07, 6.45) is 1.53. The third-order valence-electron chi connectivity index (χ3n) is 3.81. The Balaban J connectivity index is 1.69. The highest BCUT2D eigenvalue weighted by molar-refractivity contribution is 6.31. The molecule has 0 spiro atoms. The molecule has 0 fully saturated rings. The summed E-state index contributed by atoms with van der Waals surface area (Å²) in [5.41, 5.74) is 2.12. The Hall–Kier alpha value is -1.78. The Kier molecular flexibility index (Phi) is 3.99. The molecule has 2 aromatic rings. The normalized spacial score (nSPS) is 15.5. The number of carboxylic acid groups (broad SMARTS) is 1. The number of fused-ring (bicyclic) bond motifs is 1. The third-order valence-corrected chi connectivity index (χ3v) is 4.18. The number of aromatic carboxylic acids is 1. The number of nitrogens with zero attached hydrogens (tertiary/aromatic N) is 1. The Morgan fingerprint density at radius 1 is 1.29 bits per heavy atom. The van der Waals surface area contributed by atoms with Gasteiger partial charge in [-0.15, -0.1) is 0 Å². The SMILES string of the molecule is O=C(O)c1cc2c(o1)CCN(Cc1ccccc1Cl)CC2. The average molecular weight is 306 g/mol. The van der Waals surface area contributed by atoms with Gasteiger partial charge in [0.1, 0.15) is 5.76 Å². The second-order valence-corrected chi connectivity index (χ2v) is 5.64. The van der Waals surface area contributed by atoms with Crippen LogP contribution in [0.3, 0.4) is 0 Å². The van der Waals surface area contributed by atoms with Gasteiger partial charge in [-0.3, -0.25) is 4.90 Å². The van der Waals surface area contributed by atoms with Crippen molar-refractivity contribution >= 4 is 17.6 Å².